The van der Waals surface area contributed by atoms with Crippen molar-refractivity contribution >= 4 is 23.6 Å². The van der Waals surface area contributed by atoms with Crippen molar-refractivity contribution in [3.05, 3.63) is 11.9 Å². The highest BCUT2D eigenvalue weighted by Gasteiger charge is 2.15. The SMILES string of the molecule is CCCCCNC(=O)CCOCCn1cc(CCC(=O)NCCOCCC(=O)NCCCCC(NC(C)C)C(N)=O)nn1. The third kappa shape index (κ3) is 21.3. The molecule has 0 aliphatic heterocycles. The molecule has 43 heavy (non-hydrogen) atoms. The first kappa shape index (κ1) is 37.9. The fraction of sp³-hybridized carbons (Fsp3) is 0.793. The van der Waals surface area contributed by atoms with Gasteiger partial charge in [0.1, 0.15) is 0 Å². The second-order valence-electron chi connectivity index (χ2n) is 10.7. The average Bonchev–Trinajstić information content (AvgIpc) is 3.42. The summed E-state index contributed by atoms with van der Waals surface area (Å²) in [5, 5.41) is 19.8. The van der Waals surface area contributed by atoms with Crippen molar-refractivity contribution in [3.8, 4) is 0 Å². The van der Waals surface area contributed by atoms with E-state index in [1.54, 1.807) is 10.9 Å². The molecule has 4 amide bonds. The molecule has 1 unspecified atom stereocenters. The number of amides is 4. The fourth-order valence-corrected chi connectivity index (χ4v) is 4.04. The molecule has 0 saturated carbocycles. The van der Waals surface area contributed by atoms with Crippen molar-refractivity contribution in [2.75, 3.05) is 46.1 Å². The molecule has 1 atom stereocenters. The van der Waals surface area contributed by atoms with Crippen molar-refractivity contribution < 1.29 is 28.7 Å². The second kappa shape index (κ2) is 24.4. The van der Waals surface area contributed by atoms with Gasteiger partial charge in [0.25, 0.3) is 0 Å². The second-order valence-corrected chi connectivity index (χ2v) is 10.7. The zero-order chi connectivity index (χ0) is 31.7. The summed E-state index contributed by atoms with van der Waals surface area (Å²) in [4.78, 5) is 47.2. The molecule has 0 aromatic carbocycles. The first-order chi connectivity index (χ1) is 20.7. The van der Waals surface area contributed by atoms with E-state index < -0.39 is 0 Å². The summed E-state index contributed by atoms with van der Waals surface area (Å²) in [6, 6.07) is -0.177. The van der Waals surface area contributed by atoms with Crippen LogP contribution in [0.4, 0.5) is 0 Å². The number of aromatic nitrogens is 3. The number of aryl methyl sites for hydroxylation is 1. The van der Waals surface area contributed by atoms with Crippen LogP contribution < -0.4 is 27.0 Å². The maximum Gasteiger partial charge on any atom is 0.234 e. The molecular weight excluding hydrogens is 556 g/mol. The summed E-state index contributed by atoms with van der Waals surface area (Å²) in [5.74, 6) is -0.575. The minimum absolute atomic E-state index is 0.00240. The molecule has 1 aromatic heterocycles. The van der Waals surface area contributed by atoms with Crippen LogP contribution in [0.2, 0.25) is 0 Å². The topological polar surface area (TPSA) is 192 Å². The number of ether oxygens (including phenoxy) is 2. The van der Waals surface area contributed by atoms with E-state index in [1.807, 2.05) is 13.8 Å². The van der Waals surface area contributed by atoms with E-state index in [0.29, 0.717) is 71.0 Å². The average molecular weight is 611 g/mol. The van der Waals surface area contributed by atoms with Crippen LogP contribution in [0.25, 0.3) is 0 Å². The Labute approximate surface area is 255 Å². The molecule has 6 N–H and O–H groups in total. The lowest BCUT2D eigenvalue weighted by atomic mass is 10.1. The van der Waals surface area contributed by atoms with Gasteiger partial charge in [-0.15, -0.1) is 5.10 Å². The van der Waals surface area contributed by atoms with Gasteiger partial charge < -0.3 is 36.5 Å². The number of nitrogens with two attached hydrogens (primary N) is 1. The lowest BCUT2D eigenvalue weighted by molar-refractivity contribution is -0.123. The van der Waals surface area contributed by atoms with Gasteiger partial charge in [-0.05, 0) is 25.7 Å². The molecule has 14 nitrogen and oxygen atoms in total. The number of hydrogen-bond acceptors (Lipinski definition) is 9. The van der Waals surface area contributed by atoms with Crippen LogP contribution in [0.5, 0.6) is 0 Å². The number of nitrogens with zero attached hydrogens (tertiary/aromatic N) is 3. The van der Waals surface area contributed by atoms with Crippen LogP contribution in [0.1, 0.15) is 84.3 Å². The number of rotatable bonds is 27. The molecule has 1 heterocycles. The Morgan fingerprint density at radius 2 is 1.44 bits per heavy atom. The third-order valence-corrected chi connectivity index (χ3v) is 6.40. The summed E-state index contributed by atoms with van der Waals surface area (Å²) in [6.45, 7) is 9.52. The van der Waals surface area contributed by atoms with E-state index in [2.05, 4.69) is 38.5 Å². The molecule has 1 aromatic rings. The Morgan fingerprint density at radius 3 is 2.07 bits per heavy atom. The summed E-state index contributed by atoms with van der Waals surface area (Å²) in [5.41, 5.74) is 6.12. The number of nitrogens with one attached hydrogen (secondary N) is 4. The van der Waals surface area contributed by atoms with Crippen molar-refractivity contribution in [3.63, 3.8) is 0 Å². The van der Waals surface area contributed by atoms with E-state index in [9.17, 15) is 19.2 Å². The van der Waals surface area contributed by atoms with Gasteiger partial charge in [0.05, 0.1) is 44.7 Å². The molecule has 0 aliphatic carbocycles. The fourth-order valence-electron chi connectivity index (χ4n) is 4.04. The van der Waals surface area contributed by atoms with Gasteiger partial charge in [-0.1, -0.05) is 38.8 Å². The Kier molecular flexibility index (Phi) is 21.5. The summed E-state index contributed by atoms with van der Waals surface area (Å²) in [7, 11) is 0. The third-order valence-electron chi connectivity index (χ3n) is 6.40. The molecule has 0 radical (unpaired) electrons. The predicted octanol–water partition coefficient (Wildman–Crippen LogP) is 0.585. The van der Waals surface area contributed by atoms with Crippen molar-refractivity contribution in [1.82, 2.24) is 36.3 Å². The van der Waals surface area contributed by atoms with E-state index in [-0.39, 0.29) is 55.2 Å². The zero-order valence-corrected chi connectivity index (χ0v) is 26.3. The highest BCUT2D eigenvalue weighted by atomic mass is 16.5. The van der Waals surface area contributed by atoms with Gasteiger partial charge in [-0.3, -0.25) is 19.2 Å². The van der Waals surface area contributed by atoms with E-state index >= 15 is 0 Å². The molecule has 0 spiro atoms. The van der Waals surface area contributed by atoms with Crippen molar-refractivity contribution in [2.24, 2.45) is 5.73 Å². The highest BCUT2D eigenvalue weighted by molar-refractivity contribution is 5.79. The minimum atomic E-state index is -0.360. The minimum Gasteiger partial charge on any atom is -0.379 e. The number of unbranched alkanes of at least 4 members (excludes halogenated alkanes) is 3. The lowest BCUT2D eigenvalue weighted by Crippen LogP contribution is -2.44. The zero-order valence-electron chi connectivity index (χ0n) is 26.3. The first-order valence-corrected chi connectivity index (χ1v) is 15.6. The van der Waals surface area contributed by atoms with Crippen LogP contribution >= 0.6 is 0 Å². The van der Waals surface area contributed by atoms with Gasteiger partial charge in [-0.2, -0.15) is 0 Å². The van der Waals surface area contributed by atoms with Crippen molar-refractivity contribution in [1.29, 1.82) is 0 Å². The summed E-state index contributed by atoms with van der Waals surface area (Å²) >= 11 is 0. The standard InChI is InChI=1S/C29H54N8O6/c1-4-5-7-14-31-28(40)13-19-43-21-17-37-22-24(35-36-37)10-11-26(38)33-16-20-42-18-12-27(39)32-15-8-6-9-25(29(30)41)34-23(2)3/h22-23,25,34H,4-21H2,1-3H3,(H2,30,41)(H,31,40)(H,32,39)(H,33,38). The summed E-state index contributed by atoms with van der Waals surface area (Å²) in [6.07, 6.45) is 8.50. The number of primary amides is 1. The molecule has 246 valence electrons. The van der Waals surface area contributed by atoms with E-state index in [0.717, 1.165) is 32.1 Å². The van der Waals surface area contributed by atoms with Gasteiger partial charge in [-0.25, -0.2) is 4.68 Å². The predicted molar refractivity (Wildman–Crippen MR) is 163 cm³/mol. The highest BCUT2D eigenvalue weighted by Crippen LogP contribution is 2.02. The quantitative estimate of drug-likeness (QED) is 0.0887. The molecule has 0 aliphatic rings. The van der Waals surface area contributed by atoms with Crippen LogP contribution in [0, 0.1) is 0 Å². The van der Waals surface area contributed by atoms with E-state index in [4.69, 9.17) is 15.2 Å². The van der Waals surface area contributed by atoms with Gasteiger partial charge >= 0.3 is 0 Å². The van der Waals surface area contributed by atoms with Crippen LogP contribution in [-0.2, 0) is 41.6 Å². The van der Waals surface area contributed by atoms with Gasteiger partial charge in [0, 0.05) is 57.6 Å². The number of carbonyl (C=O) groups excluding carboxylic acids is 4. The normalized spacial score (nSPS) is 11.8. The Morgan fingerprint density at radius 1 is 0.837 bits per heavy atom. The maximum absolute atomic E-state index is 12.1. The van der Waals surface area contributed by atoms with Crippen LogP contribution in [-0.4, -0.2) is 96.8 Å². The Bertz CT molecular complexity index is 927. The maximum atomic E-state index is 12.1. The van der Waals surface area contributed by atoms with E-state index in [1.165, 1.54) is 0 Å². The summed E-state index contributed by atoms with van der Waals surface area (Å²) < 4.78 is 12.6. The van der Waals surface area contributed by atoms with Crippen LogP contribution in [0.3, 0.4) is 0 Å². The molecule has 0 saturated heterocycles. The molecule has 0 fully saturated rings. The van der Waals surface area contributed by atoms with Crippen molar-refractivity contribution in [2.45, 2.75) is 104 Å². The van der Waals surface area contributed by atoms with Gasteiger partial charge in [0.2, 0.25) is 23.6 Å². The van der Waals surface area contributed by atoms with Gasteiger partial charge in [0.15, 0.2) is 0 Å². The molecular formula is C29H54N8O6. The molecule has 14 heteroatoms. The lowest BCUT2D eigenvalue weighted by Gasteiger charge is -2.18. The number of carbonyl (C=O) groups is 4. The Balaban J connectivity index is 2.00. The Hall–Kier alpha value is -3.10. The van der Waals surface area contributed by atoms with Crippen LogP contribution in [0.15, 0.2) is 6.20 Å². The smallest absolute Gasteiger partial charge is 0.234 e. The first-order valence-electron chi connectivity index (χ1n) is 15.6. The molecule has 0 bridgehead atoms. The monoisotopic (exact) mass is 610 g/mol. The number of hydrogen-bond donors (Lipinski definition) is 5. The largest absolute Gasteiger partial charge is 0.379 e. The molecule has 1 rings (SSSR count).